The summed E-state index contributed by atoms with van der Waals surface area (Å²) in [4.78, 5) is 23.1. The van der Waals surface area contributed by atoms with Crippen molar-refractivity contribution in [3.05, 3.63) is 16.7 Å². The fraction of sp³-hybridized carbons (Fsp3) is 0.545. The first-order valence-corrected chi connectivity index (χ1v) is 7.16. The third-order valence-electron chi connectivity index (χ3n) is 3.20. The zero-order chi connectivity index (χ0) is 13.4. The standard InChI is InChI=1S/C11H13FN4O2S/c1-19-10-13-4-7-9(15-10)16(11(17)14-7)8-2-3-18-5-6(8)12/h4,6,8H,2-3,5H2,1H3,(H,14,17). The van der Waals surface area contributed by atoms with Crippen LogP contribution in [0, 0.1) is 0 Å². The van der Waals surface area contributed by atoms with E-state index in [9.17, 15) is 9.18 Å². The second-order valence-electron chi connectivity index (χ2n) is 4.34. The minimum atomic E-state index is -1.20. The van der Waals surface area contributed by atoms with Gasteiger partial charge >= 0.3 is 5.69 Å². The highest BCUT2D eigenvalue weighted by Gasteiger charge is 2.30. The topological polar surface area (TPSA) is 72.8 Å². The lowest BCUT2D eigenvalue weighted by atomic mass is 10.1. The molecule has 0 amide bonds. The SMILES string of the molecule is CSc1ncc2[nH]c(=O)n(C3CCOCC3F)c2n1. The number of aromatic amines is 1. The lowest BCUT2D eigenvalue weighted by Gasteiger charge is -2.26. The van der Waals surface area contributed by atoms with Crippen molar-refractivity contribution in [3.63, 3.8) is 0 Å². The van der Waals surface area contributed by atoms with E-state index in [4.69, 9.17) is 4.74 Å². The van der Waals surface area contributed by atoms with Gasteiger partial charge in [0, 0.05) is 6.61 Å². The Morgan fingerprint density at radius 3 is 3.21 bits per heavy atom. The summed E-state index contributed by atoms with van der Waals surface area (Å²) in [5.74, 6) is 0. The lowest BCUT2D eigenvalue weighted by Crippen LogP contribution is -2.36. The molecule has 2 aromatic rings. The molecule has 1 N–H and O–H groups in total. The summed E-state index contributed by atoms with van der Waals surface area (Å²) in [7, 11) is 0. The highest BCUT2D eigenvalue weighted by molar-refractivity contribution is 7.98. The van der Waals surface area contributed by atoms with Crippen molar-refractivity contribution in [3.8, 4) is 0 Å². The molecule has 19 heavy (non-hydrogen) atoms. The number of halogens is 1. The first-order valence-electron chi connectivity index (χ1n) is 5.94. The van der Waals surface area contributed by atoms with Crippen LogP contribution in [0.5, 0.6) is 0 Å². The van der Waals surface area contributed by atoms with Crippen molar-refractivity contribution in [1.29, 1.82) is 0 Å². The van der Waals surface area contributed by atoms with Crippen molar-refractivity contribution in [2.24, 2.45) is 0 Å². The monoisotopic (exact) mass is 284 g/mol. The minimum absolute atomic E-state index is 0.0181. The summed E-state index contributed by atoms with van der Waals surface area (Å²) in [5, 5.41) is 0.558. The van der Waals surface area contributed by atoms with Crippen LogP contribution in [0.25, 0.3) is 11.2 Å². The molecule has 102 valence electrons. The van der Waals surface area contributed by atoms with E-state index in [1.54, 1.807) is 6.20 Å². The minimum Gasteiger partial charge on any atom is -0.378 e. The molecule has 0 aromatic carbocycles. The van der Waals surface area contributed by atoms with Crippen molar-refractivity contribution >= 4 is 22.9 Å². The number of alkyl halides is 1. The quantitative estimate of drug-likeness (QED) is 0.661. The van der Waals surface area contributed by atoms with Crippen LogP contribution in [0.3, 0.4) is 0 Å². The van der Waals surface area contributed by atoms with Gasteiger partial charge in [0.15, 0.2) is 10.8 Å². The molecule has 2 aromatic heterocycles. The lowest BCUT2D eigenvalue weighted by molar-refractivity contribution is 0.00343. The van der Waals surface area contributed by atoms with Crippen LogP contribution < -0.4 is 5.69 Å². The molecule has 1 saturated heterocycles. The van der Waals surface area contributed by atoms with E-state index in [1.807, 2.05) is 6.26 Å². The predicted molar refractivity (Wildman–Crippen MR) is 69.3 cm³/mol. The maximum Gasteiger partial charge on any atom is 0.328 e. The Balaban J connectivity index is 2.15. The molecular formula is C11H13FN4O2S. The number of nitrogens with one attached hydrogen (secondary N) is 1. The van der Waals surface area contributed by atoms with Gasteiger partial charge < -0.3 is 9.72 Å². The predicted octanol–water partition coefficient (Wildman–Crippen LogP) is 1.14. The molecule has 1 aliphatic heterocycles. The number of imidazole rings is 1. The van der Waals surface area contributed by atoms with E-state index in [1.165, 1.54) is 16.3 Å². The average Bonchev–Trinajstić information content (AvgIpc) is 2.74. The van der Waals surface area contributed by atoms with Crippen LogP contribution in [-0.2, 0) is 4.74 Å². The zero-order valence-electron chi connectivity index (χ0n) is 10.3. The molecule has 0 saturated carbocycles. The third-order valence-corrected chi connectivity index (χ3v) is 3.76. The van der Waals surface area contributed by atoms with Gasteiger partial charge in [0.2, 0.25) is 0 Å². The normalized spacial score (nSPS) is 23.9. The smallest absolute Gasteiger partial charge is 0.328 e. The van der Waals surface area contributed by atoms with Gasteiger partial charge in [-0.1, -0.05) is 11.8 Å². The number of hydrogen-bond donors (Lipinski definition) is 1. The number of ether oxygens (including phenoxy) is 1. The Bertz CT molecular complexity index is 656. The zero-order valence-corrected chi connectivity index (χ0v) is 11.1. The molecule has 1 aliphatic rings. The van der Waals surface area contributed by atoms with Gasteiger partial charge in [-0.3, -0.25) is 4.57 Å². The Labute approximate surface area is 112 Å². The molecule has 2 atom stereocenters. The molecule has 0 spiro atoms. The molecule has 8 heteroatoms. The van der Waals surface area contributed by atoms with Gasteiger partial charge in [-0.2, -0.15) is 0 Å². The molecule has 0 radical (unpaired) electrons. The van der Waals surface area contributed by atoms with E-state index in [2.05, 4.69) is 15.0 Å². The van der Waals surface area contributed by atoms with Gasteiger partial charge in [-0.05, 0) is 12.7 Å². The van der Waals surface area contributed by atoms with Crippen molar-refractivity contribution in [1.82, 2.24) is 19.5 Å². The van der Waals surface area contributed by atoms with Gasteiger partial charge in [-0.15, -0.1) is 0 Å². The fourth-order valence-corrected chi connectivity index (χ4v) is 2.63. The summed E-state index contributed by atoms with van der Waals surface area (Å²) in [5.41, 5.74) is 0.637. The van der Waals surface area contributed by atoms with Crippen LogP contribution in [0.4, 0.5) is 4.39 Å². The van der Waals surface area contributed by atoms with E-state index >= 15 is 0 Å². The highest BCUT2D eigenvalue weighted by Crippen LogP contribution is 2.25. The van der Waals surface area contributed by atoms with Crippen LogP contribution in [0.1, 0.15) is 12.5 Å². The summed E-state index contributed by atoms with van der Waals surface area (Å²) in [6.45, 7) is 0.467. The summed E-state index contributed by atoms with van der Waals surface area (Å²) >= 11 is 1.38. The van der Waals surface area contributed by atoms with Crippen molar-refractivity contribution in [2.45, 2.75) is 23.8 Å². The number of nitrogens with zero attached hydrogens (tertiary/aromatic N) is 3. The summed E-state index contributed by atoms with van der Waals surface area (Å²) in [6, 6.07) is -0.528. The van der Waals surface area contributed by atoms with Crippen LogP contribution >= 0.6 is 11.8 Å². The largest absolute Gasteiger partial charge is 0.378 e. The van der Waals surface area contributed by atoms with Crippen LogP contribution in [0.15, 0.2) is 16.1 Å². The number of thioether (sulfide) groups is 1. The summed E-state index contributed by atoms with van der Waals surface area (Å²) in [6.07, 6.45) is 2.67. The first-order chi connectivity index (χ1) is 9.20. The molecule has 3 rings (SSSR count). The molecule has 2 unspecified atom stereocenters. The van der Waals surface area contributed by atoms with Crippen LogP contribution in [-0.4, -0.2) is 45.2 Å². The number of rotatable bonds is 2. The maximum atomic E-state index is 14.0. The molecule has 0 bridgehead atoms. The van der Waals surface area contributed by atoms with Gasteiger partial charge in [0.25, 0.3) is 0 Å². The fourth-order valence-electron chi connectivity index (χ4n) is 2.29. The second kappa shape index (κ2) is 4.93. The van der Waals surface area contributed by atoms with E-state index in [-0.39, 0.29) is 12.3 Å². The van der Waals surface area contributed by atoms with E-state index in [0.717, 1.165) is 0 Å². The second-order valence-corrected chi connectivity index (χ2v) is 5.11. The molecular weight excluding hydrogens is 271 g/mol. The molecule has 0 aliphatic carbocycles. The van der Waals surface area contributed by atoms with Gasteiger partial charge in [0.1, 0.15) is 11.7 Å². The molecule has 1 fully saturated rings. The van der Waals surface area contributed by atoms with E-state index < -0.39 is 12.2 Å². The maximum absolute atomic E-state index is 14.0. The van der Waals surface area contributed by atoms with E-state index in [0.29, 0.717) is 29.3 Å². The summed E-state index contributed by atoms with van der Waals surface area (Å²) < 4.78 is 20.4. The number of hydrogen-bond acceptors (Lipinski definition) is 5. The Morgan fingerprint density at radius 1 is 1.63 bits per heavy atom. The Kier molecular flexibility index (Phi) is 3.28. The van der Waals surface area contributed by atoms with Crippen molar-refractivity contribution in [2.75, 3.05) is 19.5 Å². The number of fused-ring (bicyclic) bond motifs is 1. The third kappa shape index (κ3) is 2.14. The Hall–Kier alpha value is -1.41. The van der Waals surface area contributed by atoms with Crippen molar-refractivity contribution < 1.29 is 9.13 Å². The van der Waals surface area contributed by atoms with Gasteiger partial charge in [-0.25, -0.2) is 19.2 Å². The average molecular weight is 284 g/mol. The first kappa shape index (κ1) is 12.6. The molecule has 6 nitrogen and oxygen atoms in total. The number of H-pyrrole nitrogens is 1. The number of aromatic nitrogens is 4. The Morgan fingerprint density at radius 2 is 2.47 bits per heavy atom. The van der Waals surface area contributed by atoms with Crippen LogP contribution in [0.2, 0.25) is 0 Å². The highest BCUT2D eigenvalue weighted by atomic mass is 32.2. The molecule has 3 heterocycles. The van der Waals surface area contributed by atoms with Gasteiger partial charge in [0.05, 0.1) is 18.8 Å².